The predicted molar refractivity (Wildman–Crippen MR) is 69.1 cm³/mol. The zero-order chi connectivity index (χ0) is 11.2. The summed E-state index contributed by atoms with van der Waals surface area (Å²) in [6, 6.07) is 4.13. The summed E-state index contributed by atoms with van der Waals surface area (Å²) >= 11 is 3.37. The number of hydrogen-bond donors (Lipinski definition) is 1. The molecule has 2 rings (SSSR count). The molecule has 16 heavy (non-hydrogen) atoms. The van der Waals surface area contributed by atoms with E-state index in [9.17, 15) is 0 Å². The van der Waals surface area contributed by atoms with Gasteiger partial charge in [0, 0.05) is 17.6 Å². The Labute approximate surface area is 103 Å². The van der Waals surface area contributed by atoms with Crippen LogP contribution in [0.5, 0.6) is 0 Å². The topological polar surface area (TPSA) is 34.2 Å². The van der Waals surface area contributed by atoms with Gasteiger partial charge in [0.1, 0.15) is 0 Å². The van der Waals surface area contributed by atoms with Crippen LogP contribution in [-0.4, -0.2) is 11.5 Å². The average molecular weight is 254 g/mol. The SMILES string of the molecule is CCNc1ncc(COCc2cccs2)s1. The lowest BCUT2D eigenvalue weighted by molar-refractivity contribution is 0.111. The minimum Gasteiger partial charge on any atom is -0.370 e. The molecule has 0 unspecified atom stereocenters. The lowest BCUT2D eigenvalue weighted by Crippen LogP contribution is -1.94. The van der Waals surface area contributed by atoms with Crippen molar-refractivity contribution in [2.45, 2.75) is 20.1 Å². The second-order valence-corrected chi connectivity index (χ2v) is 5.38. The number of thiazole rings is 1. The van der Waals surface area contributed by atoms with Crippen LogP contribution in [0, 0.1) is 0 Å². The highest BCUT2D eigenvalue weighted by molar-refractivity contribution is 7.15. The first-order valence-electron chi connectivity index (χ1n) is 5.17. The standard InChI is InChI=1S/C11H14N2OS2/c1-2-12-11-13-6-10(16-11)8-14-7-9-4-3-5-15-9/h3-6H,2,7-8H2,1H3,(H,12,13). The molecule has 0 radical (unpaired) electrons. The average Bonchev–Trinajstić information content (AvgIpc) is 2.90. The quantitative estimate of drug-likeness (QED) is 0.858. The summed E-state index contributed by atoms with van der Waals surface area (Å²) in [4.78, 5) is 6.67. The highest BCUT2D eigenvalue weighted by atomic mass is 32.1. The van der Waals surface area contributed by atoms with Gasteiger partial charge in [0.25, 0.3) is 0 Å². The second-order valence-electron chi connectivity index (χ2n) is 3.23. The molecule has 0 fully saturated rings. The van der Waals surface area contributed by atoms with E-state index < -0.39 is 0 Å². The van der Waals surface area contributed by atoms with Crippen molar-refractivity contribution in [1.82, 2.24) is 4.98 Å². The third kappa shape index (κ3) is 3.30. The summed E-state index contributed by atoms with van der Waals surface area (Å²) in [6.45, 7) is 4.30. The molecule has 2 aromatic heterocycles. The molecule has 0 saturated heterocycles. The molecule has 5 heteroatoms. The Hall–Kier alpha value is -0.910. The molecule has 0 amide bonds. The van der Waals surface area contributed by atoms with Gasteiger partial charge in [-0.1, -0.05) is 17.4 Å². The molecule has 0 saturated carbocycles. The van der Waals surface area contributed by atoms with Gasteiger partial charge in [-0.3, -0.25) is 0 Å². The smallest absolute Gasteiger partial charge is 0.182 e. The van der Waals surface area contributed by atoms with Crippen LogP contribution in [0.25, 0.3) is 0 Å². The zero-order valence-electron chi connectivity index (χ0n) is 9.10. The summed E-state index contributed by atoms with van der Waals surface area (Å²) in [6.07, 6.45) is 1.87. The van der Waals surface area contributed by atoms with Crippen LogP contribution in [0.4, 0.5) is 5.13 Å². The number of rotatable bonds is 6. The third-order valence-corrected chi connectivity index (χ3v) is 3.73. The van der Waals surface area contributed by atoms with E-state index in [-0.39, 0.29) is 0 Å². The van der Waals surface area contributed by atoms with Gasteiger partial charge in [0.05, 0.1) is 18.1 Å². The van der Waals surface area contributed by atoms with Crippen LogP contribution in [0.1, 0.15) is 16.7 Å². The van der Waals surface area contributed by atoms with Gasteiger partial charge in [-0.15, -0.1) is 11.3 Å². The molecule has 2 heterocycles. The van der Waals surface area contributed by atoms with Crippen LogP contribution in [0.2, 0.25) is 0 Å². The van der Waals surface area contributed by atoms with Crippen molar-refractivity contribution in [1.29, 1.82) is 0 Å². The second kappa shape index (κ2) is 5.98. The molecule has 0 aliphatic rings. The number of anilines is 1. The van der Waals surface area contributed by atoms with Crippen molar-refractivity contribution < 1.29 is 4.74 Å². The lowest BCUT2D eigenvalue weighted by atomic mass is 10.5. The third-order valence-electron chi connectivity index (χ3n) is 1.95. The van der Waals surface area contributed by atoms with Gasteiger partial charge in [0.15, 0.2) is 5.13 Å². The molecule has 0 bridgehead atoms. The fourth-order valence-electron chi connectivity index (χ4n) is 1.25. The molecule has 3 nitrogen and oxygen atoms in total. The first kappa shape index (κ1) is 11.6. The fourth-order valence-corrected chi connectivity index (χ4v) is 2.71. The Bertz CT molecular complexity index is 411. The van der Waals surface area contributed by atoms with E-state index in [2.05, 4.69) is 28.7 Å². The maximum atomic E-state index is 5.61. The van der Waals surface area contributed by atoms with E-state index in [0.29, 0.717) is 13.2 Å². The summed E-state index contributed by atoms with van der Waals surface area (Å²) in [5.74, 6) is 0. The van der Waals surface area contributed by atoms with Crippen LogP contribution < -0.4 is 5.32 Å². The first-order chi connectivity index (χ1) is 7.88. The number of thiophene rings is 1. The van der Waals surface area contributed by atoms with Crippen molar-refractivity contribution >= 4 is 27.8 Å². The number of ether oxygens (including phenoxy) is 1. The molecule has 1 N–H and O–H groups in total. The van der Waals surface area contributed by atoms with Gasteiger partial charge < -0.3 is 10.1 Å². The Kier molecular flexibility index (Phi) is 4.33. The summed E-state index contributed by atoms with van der Waals surface area (Å²) in [7, 11) is 0. The van der Waals surface area contributed by atoms with Crippen molar-refractivity contribution in [3.05, 3.63) is 33.5 Å². The summed E-state index contributed by atoms with van der Waals surface area (Å²) in [5, 5.41) is 6.22. The highest BCUT2D eigenvalue weighted by Gasteiger charge is 2.01. The molecule has 86 valence electrons. The maximum Gasteiger partial charge on any atom is 0.182 e. The Morgan fingerprint density at radius 3 is 3.00 bits per heavy atom. The molecule has 0 aromatic carbocycles. The molecule has 0 aliphatic heterocycles. The van der Waals surface area contributed by atoms with E-state index in [4.69, 9.17) is 4.74 Å². The molecular weight excluding hydrogens is 240 g/mol. The van der Waals surface area contributed by atoms with Crippen molar-refractivity contribution in [2.24, 2.45) is 0 Å². The van der Waals surface area contributed by atoms with Gasteiger partial charge in [-0.05, 0) is 18.4 Å². The van der Waals surface area contributed by atoms with E-state index in [1.54, 1.807) is 22.7 Å². The minimum absolute atomic E-state index is 0.640. The first-order valence-corrected chi connectivity index (χ1v) is 6.87. The zero-order valence-corrected chi connectivity index (χ0v) is 10.7. The minimum atomic E-state index is 0.640. The van der Waals surface area contributed by atoms with E-state index >= 15 is 0 Å². The molecule has 2 aromatic rings. The summed E-state index contributed by atoms with van der Waals surface area (Å²) < 4.78 is 5.61. The largest absolute Gasteiger partial charge is 0.370 e. The van der Waals surface area contributed by atoms with Gasteiger partial charge in [-0.2, -0.15) is 0 Å². The number of aromatic nitrogens is 1. The molecule has 0 aliphatic carbocycles. The van der Waals surface area contributed by atoms with E-state index in [1.807, 2.05) is 12.3 Å². The van der Waals surface area contributed by atoms with Gasteiger partial charge in [0.2, 0.25) is 0 Å². The van der Waals surface area contributed by atoms with Crippen LogP contribution in [0.3, 0.4) is 0 Å². The van der Waals surface area contributed by atoms with Crippen molar-refractivity contribution in [3.8, 4) is 0 Å². The monoisotopic (exact) mass is 254 g/mol. The lowest BCUT2D eigenvalue weighted by Gasteiger charge is -1.99. The van der Waals surface area contributed by atoms with Gasteiger partial charge >= 0.3 is 0 Å². The summed E-state index contributed by atoms with van der Waals surface area (Å²) in [5.41, 5.74) is 0. The van der Waals surface area contributed by atoms with Crippen LogP contribution in [0.15, 0.2) is 23.7 Å². The number of nitrogens with zero attached hydrogens (tertiary/aromatic N) is 1. The Balaban J connectivity index is 1.76. The fraction of sp³-hybridized carbons (Fsp3) is 0.364. The Morgan fingerprint density at radius 2 is 2.25 bits per heavy atom. The van der Waals surface area contributed by atoms with Crippen molar-refractivity contribution in [2.75, 3.05) is 11.9 Å². The van der Waals surface area contributed by atoms with Gasteiger partial charge in [-0.25, -0.2) is 4.98 Å². The molecular formula is C11H14N2OS2. The molecule has 0 atom stereocenters. The number of nitrogens with one attached hydrogen (secondary N) is 1. The maximum absolute atomic E-state index is 5.61. The van der Waals surface area contributed by atoms with Crippen LogP contribution in [-0.2, 0) is 18.0 Å². The van der Waals surface area contributed by atoms with Crippen molar-refractivity contribution in [3.63, 3.8) is 0 Å². The number of hydrogen-bond acceptors (Lipinski definition) is 5. The highest BCUT2D eigenvalue weighted by Crippen LogP contribution is 2.19. The van der Waals surface area contributed by atoms with E-state index in [0.717, 1.165) is 16.6 Å². The van der Waals surface area contributed by atoms with Crippen LogP contribution >= 0.6 is 22.7 Å². The predicted octanol–water partition coefficient (Wildman–Crippen LogP) is 3.35. The Morgan fingerprint density at radius 1 is 1.38 bits per heavy atom. The molecule has 0 spiro atoms. The van der Waals surface area contributed by atoms with E-state index in [1.165, 1.54) is 4.88 Å². The normalized spacial score (nSPS) is 10.6.